The third-order valence-corrected chi connectivity index (χ3v) is 7.97. The number of nitrogens with two attached hydrogens (primary N) is 2. The summed E-state index contributed by atoms with van der Waals surface area (Å²) in [5.41, 5.74) is 13.7. The summed E-state index contributed by atoms with van der Waals surface area (Å²) >= 11 is 3.21. The topological polar surface area (TPSA) is 112 Å². The second-order valence-electron chi connectivity index (χ2n) is 8.20. The molecule has 0 spiro atoms. The van der Waals surface area contributed by atoms with Crippen LogP contribution in [0.4, 0.5) is 11.6 Å². The van der Waals surface area contributed by atoms with Crippen molar-refractivity contribution in [2.45, 2.75) is 43.5 Å². The van der Waals surface area contributed by atoms with E-state index in [0.717, 1.165) is 53.8 Å². The lowest BCUT2D eigenvalue weighted by Crippen LogP contribution is -2.25. The fourth-order valence-corrected chi connectivity index (χ4v) is 6.11. The van der Waals surface area contributed by atoms with Crippen LogP contribution in [-0.2, 0) is 6.42 Å². The fourth-order valence-electron chi connectivity index (χ4n) is 4.00. The van der Waals surface area contributed by atoms with E-state index in [1.54, 1.807) is 24.5 Å². The Morgan fingerprint density at radius 2 is 1.82 bits per heavy atom. The Morgan fingerprint density at radius 3 is 2.50 bits per heavy atom. The van der Waals surface area contributed by atoms with E-state index in [9.17, 15) is 0 Å². The zero-order chi connectivity index (χ0) is 24.1. The van der Waals surface area contributed by atoms with Gasteiger partial charge in [-0.1, -0.05) is 18.7 Å². The van der Waals surface area contributed by atoms with Crippen molar-refractivity contribution in [1.29, 1.82) is 0 Å². The average molecular weight is 501 g/mol. The van der Waals surface area contributed by atoms with Gasteiger partial charge in [-0.15, -0.1) is 11.3 Å². The summed E-state index contributed by atoms with van der Waals surface area (Å²) in [5, 5.41) is 1.56. The van der Waals surface area contributed by atoms with Crippen LogP contribution in [0.1, 0.15) is 42.5 Å². The Bertz CT molecular complexity index is 1100. The summed E-state index contributed by atoms with van der Waals surface area (Å²) in [7, 11) is 1.67. The number of hydrogen-bond donors (Lipinski definition) is 2. The van der Waals surface area contributed by atoms with E-state index in [4.69, 9.17) is 25.9 Å². The first-order valence-electron chi connectivity index (χ1n) is 11.6. The van der Waals surface area contributed by atoms with E-state index < -0.39 is 0 Å². The Morgan fingerprint density at radius 1 is 1.09 bits per heavy atom. The molecule has 1 atom stereocenters. The van der Waals surface area contributed by atoms with E-state index >= 15 is 0 Å². The number of thioether (sulfide) groups is 1. The van der Waals surface area contributed by atoms with Crippen LogP contribution in [0, 0.1) is 0 Å². The maximum absolute atomic E-state index is 6.13. The van der Waals surface area contributed by atoms with Crippen LogP contribution < -0.4 is 20.9 Å². The molecule has 34 heavy (non-hydrogen) atoms. The molecule has 0 saturated carbocycles. The highest BCUT2D eigenvalue weighted by atomic mass is 32.2. The molecule has 0 bridgehead atoms. The van der Waals surface area contributed by atoms with Crippen molar-refractivity contribution < 1.29 is 9.47 Å². The lowest BCUT2D eigenvalue weighted by atomic mass is 10.2. The number of likely N-dealkylation sites (tertiary alicyclic amines) is 1. The van der Waals surface area contributed by atoms with Gasteiger partial charge < -0.3 is 20.9 Å². The molecule has 0 aliphatic carbocycles. The summed E-state index contributed by atoms with van der Waals surface area (Å²) in [4.78, 5) is 17.3. The number of anilines is 2. The standard InChI is InChI=1S/C24H32N6O2S2/c1-4-19-22(15(2)33-24-27-20(25)14-21(26)28-24)29-23(34-19)16-7-8-17(31-3)18(13-16)32-12-11-30-9-5-6-10-30/h7-8,13-15H,4-6,9-12H2,1-3H3,(H4,25,26,27,28). The van der Waals surface area contributed by atoms with Crippen molar-refractivity contribution in [3.63, 3.8) is 0 Å². The summed E-state index contributed by atoms with van der Waals surface area (Å²) in [6, 6.07) is 7.58. The predicted octanol–water partition coefficient (Wildman–Crippen LogP) is 4.66. The Labute approximate surface area is 209 Å². The van der Waals surface area contributed by atoms with Gasteiger partial charge in [-0.2, -0.15) is 0 Å². The van der Waals surface area contributed by atoms with E-state index in [1.165, 1.54) is 29.5 Å². The number of ether oxygens (including phenoxy) is 2. The van der Waals surface area contributed by atoms with Gasteiger partial charge in [0, 0.05) is 23.1 Å². The van der Waals surface area contributed by atoms with Gasteiger partial charge in [-0.3, -0.25) is 4.90 Å². The first kappa shape index (κ1) is 24.6. The summed E-state index contributed by atoms with van der Waals surface area (Å²) in [5.74, 6) is 2.22. The molecule has 2 aromatic heterocycles. The Balaban J connectivity index is 1.53. The van der Waals surface area contributed by atoms with Crippen LogP contribution >= 0.6 is 23.1 Å². The fraction of sp³-hybridized carbons (Fsp3) is 0.458. The molecule has 1 aliphatic heterocycles. The second-order valence-corrected chi connectivity index (χ2v) is 10.6. The van der Waals surface area contributed by atoms with Crippen molar-refractivity contribution in [1.82, 2.24) is 19.9 Å². The van der Waals surface area contributed by atoms with Gasteiger partial charge in [0.05, 0.1) is 18.1 Å². The third kappa shape index (κ3) is 5.92. The van der Waals surface area contributed by atoms with Crippen molar-refractivity contribution in [3.8, 4) is 22.1 Å². The molecule has 4 N–H and O–H groups in total. The monoisotopic (exact) mass is 500 g/mol. The average Bonchev–Trinajstić information content (AvgIpc) is 3.48. The number of hydrogen-bond acceptors (Lipinski definition) is 10. The van der Waals surface area contributed by atoms with Gasteiger partial charge in [0.1, 0.15) is 23.3 Å². The van der Waals surface area contributed by atoms with E-state index in [2.05, 4.69) is 28.7 Å². The van der Waals surface area contributed by atoms with Gasteiger partial charge in [0.15, 0.2) is 16.7 Å². The Hall–Kier alpha value is -2.56. The highest BCUT2D eigenvalue weighted by Gasteiger charge is 2.20. The number of rotatable bonds is 10. The maximum atomic E-state index is 6.13. The number of thiazole rings is 1. The minimum atomic E-state index is 0.0515. The van der Waals surface area contributed by atoms with Crippen LogP contribution in [0.3, 0.4) is 0 Å². The van der Waals surface area contributed by atoms with Crippen LogP contribution in [0.25, 0.3) is 10.6 Å². The number of nitrogen functional groups attached to an aromatic ring is 2. The molecule has 1 saturated heterocycles. The molecule has 10 heteroatoms. The smallest absolute Gasteiger partial charge is 0.192 e. The molecule has 1 aromatic carbocycles. The minimum Gasteiger partial charge on any atom is -0.493 e. The molecule has 3 aromatic rings. The van der Waals surface area contributed by atoms with Crippen molar-refractivity contribution in [2.75, 3.05) is 44.8 Å². The van der Waals surface area contributed by atoms with Crippen molar-refractivity contribution in [3.05, 3.63) is 34.8 Å². The molecule has 3 heterocycles. The molecule has 1 unspecified atom stereocenters. The molecular formula is C24H32N6O2S2. The number of benzene rings is 1. The highest BCUT2D eigenvalue weighted by molar-refractivity contribution is 7.99. The molecular weight excluding hydrogens is 468 g/mol. The van der Waals surface area contributed by atoms with Crippen LogP contribution in [0.15, 0.2) is 29.4 Å². The van der Waals surface area contributed by atoms with Crippen molar-refractivity contribution in [2.24, 2.45) is 0 Å². The second kappa shape index (κ2) is 11.2. The summed E-state index contributed by atoms with van der Waals surface area (Å²) in [6.45, 7) is 8.14. The molecule has 0 amide bonds. The van der Waals surface area contributed by atoms with E-state index in [1.807, 2.05) is 18.2 Å². The largest absolute Gasteiger partial charge is 0.493 e. The van der Waals surface area contributed by atoms with Crippen LogP contribution in [0.2, 0.25) is 0 Å². The van der Waals surface area contributed by atoms with Gasteiger partial charge in [-0.25, -0.2) is 15.0 Å². The predicted molar refractivity (Wildman–Crippen MR) is 140 cm³/mol. The summed E-state index contributed by atoms with van der Waals surface area (Å²) in [6.07, 6.45) is 3.45. The molecule has 1 aliphatic rings. The lowest BCUT2D eigenvalue weighted by molar-refractivity contribution is 0.230. The molecule has 8 nitrogen and oxygen atoms in total. The maximum Gasteiger partial charge on any atom is 0.192 e. The Kier molecular flexibility index (Phi) is 8.12. The van der Waals surface area contributed by atoms with Gasteiger partial charge in [0.2, 0.25) is 0 Å². The zero-order valence-electron chi connectivity index (χ0n) is 19.9. The molecule has 182 valence electrons. The van der Waals surface area contributed by atoms with Gasteiger partial charge >= 0.3 is 0 Å². The van der Waals surface area contributed by atoms with Crippen LogP contribution in [-0.4, -0.2) is 53.2 Å². The summed E-state index contributed by atoms with van der Waals surface area (Å²) < 4.78 is 11.7. The highest BCUT2D eigenvalue weighted by Crippen LogP contribution is 2.41. The van der Waals surface area contributed by atoms with Gasteiger partial charge in [0.25, 0.3) is 0 Å². The molecule has 0 radical (unpaired) electrons. The first-order valence-corrected chi connectivity index (χ1v) is 13.3. The zero-order valence-corrected chi connectivity index (χ0v) is 21.5. The van der Waals surface area contributed by atoms with Crippen molar-refractivity contribution >= 4 is 34.7 Å². The van der Waals surface area contributed by atoms with Gasteiger partial charge in [-0.05, 0) is 57.5 Å². The first-order chi connectivity index (χ1) is 16.5. The molecule has 1 fully saturated rings. The number of aromatic nitrogens is 3. The molecule has 4 rings (SSSR count). The number of methoxy groups -OCH3 is 1. The quantitative estimate of drug-likeness (QED) is 0.303. The normalized spacial score (nSPS) is 14.9. The lowest BCUT2D eigenvalue weighted by Gasteiger charge is -2.16. The SMILES string of the molecule is CCc1sc(-c2ccc(OC)c(OCCN3CCCC3)c2)nc1C(C)Sc1nc(N)cc(N)n1. The minimum absolute atomic E-state index is 0.0515. The number of nitrogens with zero attached hydrogens (tertiary/aromatic N) is 4. The van der Waals surface area contributed by atoms with Crippen LogP contribution in [0.5, 0.6) is 11.5 Å². The van der Waals surface area contributed by atoms with E-state index in [-0.39, 0.29) is 5.25 Å². The third-order valence-electron chi connectivity index (χ3n) is 5.74. The number of aryl methyl sites for hydroxylation is 1. The van der Waals surface area contributed by atoms with E-state index in [0.29, 0.717) is 23.4 Å².